The molecule has 1 saturated heterocycles. The fraction of sp³-hybridized carbons (Fsp3) is 0.619. The summed E-state index contributed by atoms with van der Waals surface area (Å²) in [6, 6.07) is 5.16. The number of hydrogen-bond acceptors (Lipinski definition) is 3. The summed E-state index contributed by atoms with van der Waals surface area (Å²) >= 11 is 0. The number of aliphatic hydroxyl groups excluding tert-OH is 1. The van der Waals surface area contributed by atoms with E-state index >= 15 is 0 Å². The largest absolute Gasteiger partial charge is 0.489 e. The van der Waals surface area contributed by atoms with Crippen molar-refractivity contribution < 1.29 is 9.84 Å². The van der Waals surface area contributed by atoms with Gasteiger partial charge in [-0.1, -0.05) is 18.2 Å². The van der Waals surface area contributed by atoms with Crippen molar-refractivity contribution in [2.75, 3.05) is 19.7 Å². The Balaban J connectivity index is 1.71. The van der Waals surface area contributed by atoms with Gasteiger partial charge in [-0.05, 0) is 56.2 Å². The molecule has 0 amide bonds. The Morgan fingerprint density at radius 3 is 3.08 bits per heavy atom. The summed E-state index contributed by atoms with van der Waals surface area (Å²) in [5.41, 5.74) is 4.42. The summed E-state index contributed by atoms with van der Waals surface area (Å²) in [5, 5.41) is 9.99. The third-order valence-corrected chi connectivity index (χ3v) is 7.37. The number of hydrogen-bond donors (Lipinski definition) is 1. The van der Waals surface area contributed by atoms with Gasteiger partial charge in [0, 0.05) is 36.1 Å². The Morgan fingerprint density at radius 2 is 2.29 bits per heavy atom. The molecule has 5 atom stereocenters. The fourth-order valence-corrected chi connectivity index (χ4v) is 6.46. The zero-order chi connectivity index (χ0) is 16.5. The Kier molecular flexibility index (Phi) is 3.18. The minimum Gasteiger partial charge on any atom is -0.489 e. The molecule has 1 aromatic rings. The minimum atomic E-state index is 0.142. The van der Waals surface area contributed by atoms with Gasteiger partial charge in [-0.15, -0.1) is 6.58 Å². The zero-order valence-corrected chi connectivity index (χ0v) is 14.5. The molecule has 0 aromatic heterocycles. The SMILES string of the molecule is C=CCN1CC[C@@]23c4c5ccc(C)c4OC2C(CO)CCC3C1C5. The van der Waals surface area contributed by atoms with Crippen LogP contribution in [-0.2, 0) is 11.8 Å². The van der Waals surface area contributed by atoms with Gasteiger partial charge in [0.05, 0.1) is 0 Å². The van der Waals surface area contributed by atoms with Gasteiger partial charge in [-0.3, -0.25) is 4.90 Å². The summed E-state index contributed by atoms with van der Waals surface area (Å²) < 4.78 is 6.61. The minimum absolute atomic E-state index is 0.142. The van der Waals surface area contributed by atoms with Crippen molar-refractivity contribution in [2.45, 2.75) is 50.2 Å². The van der Waals surface area contributed by atoms with E-state index < -0.39 is 0 Å². The van der Waals surface area contributed by atoms with E-state index in [9.17, 15) is 5.11 Å². The molecule has 24 heavy (non-hydrogen) atoms. The molecule has 2 fully saturated rings. The molecule has 2 aliphatic heterocycles. The maximum absolute atomic E-state index is 9.99. The maximum Gasteiger partial charge on any atom is 0.126 e. The summed E-state index contributed by atoms with van der Waals surface area (Å²) in [6.45, 7) is 8.50. The molecule has 1 aromatic carbocycles. The molecule has 2 aliphatic carbocycles. The normalized spacial score (nSPS) is 39.2. The second-order valence-corrected chi connectivity index (χ2v) is 8.26. The van der Waals surface area contributed by atoms with Gasteiger partial charge in [-0.2, -0.15) is 0 Å². The van der Waals surface area contributed by atoms with Gasteiger partial charge >= 0.3 is 0 Å². The highest BCUT2D eigenvalue weighted by Gasteiger charge is 2.65. The third kappa shape index (κ3) is 1.65. The number of piperidine rings is 1. The molecule has 1 saturated carbocycles. The van der Waals surface area contributed by atoms with Crippen LogP contribution in [0.5, 0.6) is 5.75 Å². The molecule has 0 radical (unpaired) electrons. The maximum atomic E-state index is 9.99. The molecule has 1 spiro atoms. The first-order valence-corrected chi connectivity index (χ1v) is 9.46. The number of rotatable bonds is 3. The van der Waals surface area contributed by atoms with Crippen LogP contribution in [0.3, 0.4) is 0 Å². The number of aryl methyl sites for hydroxylation is 1. The van der Waals surface area contributed by atoms with Crippen molar-refractivity contribution in [3.63, 3.8) is 0 Å². The number of benzene rings is 1. The first kappa shape index (κ1) is 15.0. The average Bonchev–Trinajstić information content (AvgIpc) is 2.94. The predicted molar refractivity (Wildman–Crippen MR) is 94.5 cm³/mol. The van der Waals surface area contributed by atoms with Crippen molar-refractivity contribution in [1.82, 2.24) is 4.90 Å². The second kappa shape index (κ2) is 5.09. The van der Waals surface area contributed by atoms with E-state index in [0.29, 0.717) is 12.0 Å². The molecule has 3 nitrogen and oxygen atoms in total. The van der Waals surface area contributed by atoms with Crippen LogP contribution in [0, 0.1) is 18.8 Å². The second-order valence-electron chi connectivity index (χ2n) is 8.26. The van der Waals surface area contributed by atoms with E-state index in [1.165, 1.54) is 23.1 Å². The predicted octanol–water partition coefficient (Wildman–Crippen LogP) is 2.83. The highest BCUT2D eigenvalue weighted by atomic mass is 16.5. The summed E-state index contributed by atoms with van der Waals surface area (Å²) in [6.07, 6.45) is 6.83. The van der Waals surface area contributed by atoms with Crippen LogP contribution in [-0.4, -0.2) is 41.8 Å². The topological polar surface area (TPSA) is 32.7 Å². The number of ether oxygens (including phenoxy) is 1. The molecule has 2 heterocycles. The molecule has 3 heteroatoms. The first-order chi connectivity index (χ1) is 11.7. The smallest absolute Gasteiger partial charge is 0.126 e. The fourth-order valence-electron chi connectivity index (χ4n) is 6.46. The first-order valence-electron chi connectivity index (χ1n) is 9.46. The molecular weight excluding hydrogens is 298 g/mol. The van der Waals surface area contributed by atoms with Gasteiger partial charge in [0.25, 0.3) is 0 Å². The van der Waals surface area contributed by atoms with Crippen LogP contribution in [0.2, 0.25) is 0 Å². The summed E-state index contributed by atoms with van der Waals surface area (Å²) in [5.74, 6) is 2.10. The molecule has 4 unspecified atom stereocenters. The van der Waals surface area contributed by atoms with Gasteiger partial charge in [0.2, 0.25) is 0 Å². The van der Waals surface area contributed by atoms with E-state index in [1.807, 2.05) is 0 Å². The van der Waals surface area contributed by atoms with E-state index in [4.69, 9.17) is 4.74 Å². The molecular formula is C21H27NO2. The summed E-state index contributed by atoms with van der Waals surface area (Å²) in [7, 11) is 0. The van der Waals surface area contributed by atoms with Crippen LogP contribution in [0.1, 0.15) is 36.0 Å². The lowest BCUT2D eigenvalue weighted by molar-refractivity contribution is -0.0823. The Hall–Kier alpha value is -1.32. The molecule has 1 N–H and O–H groups in total. The van der Waals surface area contributed by atoms with Crippen molar-refractivity contribution in [3.05, 3.63) is 41.5 Å². The van der Waals surface area contributed by atoms with Crippen LogP contribution in [0.4, 0.5) is 0 Å². The van der Waals surface area contributed by atoms with E-state index in [1.54, 1.807) is 0 Å². The standard InChI is InChI=1S/C21H27NO2/c1-3-9-22-10-8-21-16-7-6-15(12-23)20(21)24-19-13(2)4-5-14(18(19)21)11-17(16)22/h3-5,15-17,20,23H,1,6-12H2,2H3/t15?,16?,17?,20?,21-/m1/s1. The average molecular weight is 325 g/mol. The molecule has 2 bridgehead atoms. The molecule has 5 rings (SSSR count). The molecule has 128 valence electrons. The lowest BCUT2D eigenvalue weighted by atomic mass is 9.50. The van der Waals surface area contributed by atoms with Crippen molar-refractivity contribution in [3.8, 4) is 5.75 Å². The number of aliphatic hydroxyl groups is 1. The van der Waals surface area contributed by atoms with Crippen LogP contribution in [0.15, 0.2) is 24.8 Å². The summed E-state index contributed by atoms with van der Waals surface area (Å²) in [4.78, 5) is 2.64. The van der Waals surface area contributed by atoms with Gasteiger partial charge in [0.15, 0.2) is 0 Å². The van der Waals surface area contributed by atoms with Gasteiger partial charge in [0.1, 0.15) is 11.9 Å². The Labute approximate surface area is 144 Å². The Morgan fingerprint density at radius 1 is 1.42 bits per heavy atom. The number of nitrogens with zero attached hydrogens (tertiary/aromatic N) is 1. The van der Waals surface area contributed by atoms with Crippen LogP contribution in [0.25, 0.3) is 0 Å². The quantitative estimate of drug-likeness (QED) is 0.868. The van der Waals surface area contributed by atoms with Crippen molar-refractivity contribution >= 4 is 0 Å². The van der Waals surface area contributed by atoms with Gasteiger partial charge in [-0.25, -0.2) is 0 Å². The lowest BCUT2D eigenvalue weighted by Crippen LogP contribution is -2.66. The third-order valence-electron chi connectivity index (χ3n) is 7.37. The highest BCUT2D eigenvalue weighted by Crippen LogP contribution is 2.63. The van der Waals surface area contributed by atoms with Crippen LogP contribution >= 0.6 is 0 Å². The monoisotopic (exact) mass is 325 g/mol. The van der Waals surface area contributed by atoms with E-state index in [2.05, 4.69) is 36.6 Å². The highest BCUT2D eigenvalue weighted by molar-refractivity contribution is 5.58. The molecule has 4 aliphatic rings. The van der Waals surface area contributed by atoms with Gasteiger partial charge < -0.3 is 9.84 Å². The zero-order valence-electron chi connectivity index (χ0n) is 14.5. The van der Waals surface area contributed by atoms with Crippen molar-refractivity contribution in [2.24, 2.45) is 11.8 Å². The lowest BCUT2D eigenvalue weighted by Gasteiger charge is -2.59. The number of likely N-dealkylation sites (tertiary alicyclic amines) is 1. The van der Waals surface area contributed by atoms with Crippen LogP contribution < -0.4 is 4.74 Å². The van der Waals surface area contributed by atoms with E-state index in [0.717, 1.165) is 38.1 Å². The Bertz CT molecular complexity index is 699. The van der Waals surface area contributed by atoms with E-state index in [-0.39, 0.29) is 24.0 Å². The van der Waals surface area contributed by atoms with Crippen molar-refractivity contribution in [1.29, 1.82) is 0 Å².